The standard InChI is InChI=1S/C16H21NO2/c1-2-19-16(18)13-11-15(12-7-4-3-5-8-12)17-10-6-9-14(13)17/h3-5,7-8,13-15H,2,6,9-11H2,1H3/t13-,14+,15+/m1/s1. The Balaban J connectivity index is 1.82. The van der Waals surface area contributed by atoms with Gasteiger partial charge in [0.1, 0.15) is 0 Å². The molecule has 0 radical (unpaired) electrons. The maximum atomic E-state index is 12.1. The van der Waals surface area contributed by atoms with Gasteiger partial charge in [-0.2, -0.15) is 0 Å². The molecule has 0 amide bonds. The van der Waals surface area contributed by atoms with Gasteiger partial charge in [-0.1, -0.05) is 30.3 Å². The van der Waals surface area contributed by atoms with Crippen molar-refractivity contribution in [3.63, 3.8) is 0 Å². The normalized spacial score (nSPS) is 30.3. The maximum Gasteiger partial charge on any atom is 0.310 e. The molecule has 1 aromatic carbocycles. The van der Waals surface area contributed by atoms with Crippen molar-refractivity contribution in [1.29, 1.82) is 0 Å². The molecule has 2 heterocycles. The SMILES string of the molecule is CCOC(=O)[C@@H]1C[C@@H](c2ccccc2)N2CCC[C@@H]12. The van der Waals surface area contributed by atoms with Crippen LogP contribution in [0.2, 0.25) is 0 Å². The summed E-state index contributed by atoms with van der Waals surface area (Å²) in [6, 6.07) is 11.3. The second kappa shape index (κ2) is 5.33. The van der Waals surface area contributed by atoms with E-state index in [0.29, 0.717) is 18.7 Å². The van der Waals surface area contributed by atoms with E-state index in [1.54, 1.807) is 0 Å². The van der Waals surface area contributed by atoms with Crippen molar-refractivity contribution in [2.45, 2.75) is 38.3 Å². The van der Waals surface area contributed by atoms with E-state index in [1.165, 1.54) is 12.0 Å². The molecule has 1 aromatic rings. The molecular formula is C16H21NO2. The number of nitrogens with zero attached hydrogens (tertiary/aromatic N) is 1. The van der Waals surface area contributed by atoms with Gasteiger partial charge in [-0.05, 0) is 38.3 Å². The Labute approximate surface area is 114 Å². The smallest absolute Gasteiger partial charge is 0.310 e. The fourth-order valence-electron chi connectivity index (χ4n) is 3.67. The summed E-state index contributed by atoms with van der Waals surface area (Å²) in [6.45, 7) is 3.48. The van der Waals surface area contributed by atoms with Crippen molar-refractivity contribution >= 4 is 5.97 Å². The van der Waals surface area contributed by atoms with Gasteiger partial charge in [0, 0.05) is 12.1 Å². The number of hydrogen-bond donors (Lipinski definition) is 0. The maximum absolute atomic E-state index is 12.1. The van der Waals surface area contributed by atoms with E-state index in [4.69, 9.17) is 4.74 Å². The zero-order valence-electron chi connectivity index (χ0n) is 11.4. The molecule has 102 valence electrons. The van der Waals surface area contributed by atoms with E-state index in [9.17, 15) is 4.79 Å². The molecule has 2 fully saturated rings. The van der Waals surface area contributed by atoms with Crippen molar-refractivity contribution in [1.82, 2.24) is 4.90 Å². The molecule has 0 unspecified atom stereocenters. The minimum Gasteiger partial charge on any atom is -0.466 e. The molecule has 0 spiro atoms. The molecule has 2 aliphatic rings. The van der Waals surface area contributed by atoms with Crippen molar-refractivity contribution in [2.75, 3.05) is 13.2 Å². The molecule has 0 aliphatic carbocycles. The number of esters is 1. The highest BCUT2D eigenvalue weighted by Crippen LogP contribution is 2.45. The lowest BCUT2D eigenvalue weighted by Gasteiger charge is -2.24. The topological polar surface area (TPSA) is 29.5 Å². The molecule has 0 saturated carbocycles. The van der Waals surface area contributed by atoms with E-state index < -0.39 is 0 Å². The first-order valence-electron chi connectivity index (χ1n) is 7.28. The first-order chi connectivity index (χ1) is 9.31. The lowest BCUT2D eigenvalue weighted by Crippen LogP contribution is -2.31. The van der Waals surface area contributed by atoms with Gasteiger partial charge in [-0.25, -0.2) is 0 Å². The second-order valence-corrected chi connectivity index (χ2v) is 5.47. The number of fused-ring (bicyclic) bond motifs is 1. The summed E-state index contributed by atoms with van der Waals surface area (Å²) in [7, 11) is 0. The number of rotatable bonds is 3. The van der Waals surface area contributed by atoms with Crippen LogP contribution in [0.3, 0.4) is 0 Å². The van der Waals surface area contributed by atoms with Gasteiger partial charge in [0.05, 0.1) is 12.5 Å². The van der Waals surface area contributed by atoms with Gasteiger partial charge in [0.15, 0.2) is 0 Å². The number of carbonyl (C=O) groups is 1. The van der Waals surface area contributed by atoms with E-state index in [2.05, 4.69) is 29.2 Å². The lowest BCUT2D eigenvalue weighted by atomic mass is 9.94. The van der Waals surface area contributed by atoms with Gasteiger partial charge in [0.25, 0.3) is 0 Å². The average Bonchev–Trinajstić information content (AvgIpc) is 3.01. The fraction of sp³-hybridized carbons (Fsp3) is 0.562. The summed E-state index contributed by atoms with van der Waals surface area (Å²) in [5.41, 5.74) is 1.33. The monoisotopic (exact) mass is 259 g/mol. The Bertz CT molecular complexity index is 445. The molecule has 0 aromatic heterocycles. The Hall–Kier alpha value is -1.35. The highest BCUT2D eigenvalue weighted by atomic mass is 16.5. The van der Waals surface area contributed by atoms with Crippen molar-refractivity contribution < 1.29 is 9.53 Å². The predicted octanol–water partition coefficient (Wildman–Crippen LogP) is 2.78. The van der Waals surface area contributed by atoms with Crippen molar-refractivity contribution in [3.05, 3.63) is 35.9 Å². The van der Waals surface area contributed by atoms with Gasteiger partial charge in [-0.3, -0.25) is 9.69 Å². The van der Waals surface area contributed by atoms with Crippen LogP contribution < -0.4 is 0 Å². The molecule has 3 heteroatoms. The van der Waals surface area contributed by atoms with E-state index in [0.717, 1.165) is 19.4 Å². The zero-order valence-corrected chi connectivity index (χ0v) is 11.4. The molecule has 19 heavy (non-hydrogen) atoms. The average molecular weight is 259 g/mol. The van der Waals surface area contributed by atoms with Crippen LogP contribution in [0, 0.1) is 5.92 Å². The van der Waals surface area contributed by atoms with Gasteiger partial charge in [0.2, 0.25) is 0 Å². The zero-order chi connectivity index (χ0) is 13.2. The highest BCUT2D eigenvalue weighted by Gasteiger charge is 2.47. The minimum atomic E-state index is -0.00201. The molecule has 0 bridgehead atoms. The number of benzene rings is 1. The van der Waals surface area contributed by atoms with Crippen LogP contribution in [0.25, 0.3) is 0 Å². The minimum absolute atomic E-state index is 0.00201. The summed E-state index contributed by atoms with van der Waals surface area (Å²) in [6.07, 6.45) is 3.24. The van der Waals surface area contributed by atoms with Crippen molar-refractivity contribution in [3.8, 4) is 0 Å². The van der Waals surface area contributed by atoms with Crippen LogP contribution in [-0.4, -0.2) is 30.1 Å². The number of carbonyl (C=O) groups excluding carboxylic acids is 1. The first kappa shape index (κ1) is 12.7. The van der Waals surface area contributed by atoms with E-state index in [1.807, 2.05) is 13.0 Å². The molecule has 3 nitrogen and oxygen atoms in total. The number of ether oxygens (including phenoxy) is 1. The first-order valence-corrected chi connectivity index (χ1v) is 7.28. The van der Waals surface area contributed by atoms with Gasteiger partial charge in [-0.15, -0.1) is 0 Å². The molecule has 2 aliphatic heterocycles. The lowest BCUT2D eigenvalue weighted by molar-refractivity contribution is -0.148. The van der Waals surface area contributed by atoms with Crippen LogP contribution in [0.5, 0.6) is 0 Å². The molecule has 3 rings (SSSR count). The second-order valence-electron chi connectivity index (χ2n) is 5.47. The number of hydrogen-bond acceptors (Lipinski definition) is 3. The van der Waals surface area contributed by atoms with Crippen LogP contribution in [0.15, 0.2) is 30.3 Å². The highest BCUT2D eigenvalue weighted by molar-refractivity contribution is 5.74. The molecular weight excluding hydrogens is 238 g/mol. The predicted molar refractivity (Wildman–Crippen MR) is 73.7 cm³/mol. The van der Waals surface area contributed by atoms with E-state index >= 15 is 0 Å². The van der Waals surface area contributed by atoms with Crippen LogP contribution in [0.4, 0.5) is 0 Å². The Morgan fingerprint density at radius 1 is 1.37 bits per heavy atom. The van der Waals surface area contributed by atoms with Gasteiger partial charge >= 0.3 is 5.97 Å². The molecule has 0 N–H and O–H groups in total. The Morgan fingerprint density at radius 2 is 2.16 bits per heavy atom. The summed E-state index contributed by atoms with van der Waals surface area (Å²) in [5, 5.41) is 0. The quantitative estimate of drug-likeness (QED) is 0.782. The largest absolute Gasteiger partial charge is 0.466 e. The third kappa shape index (κ3) is 2.27. The van der Waals surface area contributed by atoms with Crippen LogP contribution >= 0.6 is 0 Å². The summed E-state index contributed by atoms with van der Waals surface area (Å²) in [5.74, 6) is 0.0606. The summed E-state index contributed by atoms with van der Waals surface area (Å²) in [4.78, 5) is 14.6. The molecule has 3 atom stereocenters. The van der Waals surface area contributed by atoms with Crippen molar-refractivity contribution in [2.24, 2.45) is 5.92 Å². The van der Waals surface area contributed by atoms with Crippen LogP contribution in [0.1, 0.15) is 37.8 Å². The fourth-order valence-corrected chi connectivity index (χ4v) is 3.67. The summed E-state index contributed by atoms with van der Waals surface area (Å²) < 4.78 is 5.25. The third-order valence-electron chi connectivity index (χ3n) is 4.46. The Morgan fingerprint density at radius 3 is 2.89 bits per heavy atom. The third-order valence-corrected chi connectivity index (χ3v) is 4.46. The van der Waals surface area contributed by atoms with Gasteiger partial charge < -0.3 is 4.74 Å². The van der Waals surface area contributed by atoms with E-state index in [-0.39, 0.29) is 11.9 Å². The Kier molecular flexibility index (Phi) is 3.56. The summed E-state index contributed by atoms with van der Waals surface area (Å²) >= 11 is 0. The van der Waals surface area contributed by atoms with Crippen LogP contribution in [-0.2, 0) is 9.53 Å². The molecule has 2 saturated heterocycles.